The highest BCUT2D eigenvalue weighted by molar-refractivity contribution is 7.91. The Bertz CT molecular complexity index is 616. The molecule has 1 aliphatic heterocycles. The standard InChI is InChI=1S/C14H21NO5S/c1-19-10-3-4-12(20-2)11(7-10)13(16)14(8-15)5-6-21(17,18)9-14/h3-4,7,13,16H,5-6,8-9,15H2,1-2H3. The summed E-state index contributed by atoms with van der Waals surface area (Å²) in [4.78, 5) is 0. The molecular formula is C14H21NO5S. The summed E-state index contributed by atoms with van der Waals surface area (Å²) in [6, 6.07) is 5.06. The maximum atomic E-state index is 11.8. The van der Waals surface area contributed by atoms with Gasteiger partial charge in [0.25, 0.3) is 0 Å². The number of rotatable bonds is 5. The molecule has 1 aromatic rings. The quantitative estimate of drug-likeness (QED) is 0.821. The zero-order valence-electron chi connectivity index (χ0n) is 12.2. The number of nitrogens with two attached hydrogens (primary N) is 1. The summed E-state index contributed by atoms with van der Waals surface area (Å²) in [5.41, 5.74) is 5.42. The predicted molar refractivity (Wildman–Crippen MR) is 79.3 cm³/mol. The fourth-order valence-electron chi connectivity index (χ4n) is 2.81. The van der Waals surface area contributed by atoms with Crippen LogP contribution in [0.5, 0.6) is 11.5 Å². The van der Waals surface area contributed by atoms with Crippen molar-refractivity contribution in [3.8, 4) is 11.5 Å². The molecule has 6 nitrogen and oxygen atoms in total. The van der Waals surface area contributed by atoms with Crippen molar-refractivity contribution in [3.05, 3.63) is 23.8 Å². The Morgan fingerprint density at radius 1 is 1.38 bits per heavy atom. The summed E-state index contributed by atoms with van der Waals surface area (Å²) in [6.45, 7) is 0.0910. The Kier molecular flexibility index (Phi) is 4.46. The molecule has 21 heavy (non-hydrogen) atoms. The normalized spacial score (nSPS) is 25.5. The topological polar surface area (TPSA) is 98.8 Å². The van der Waals surface area contributed by atoms with Gasteiger partial charge in [-0.1, -0.05) is 0 Å². The van der Waals surface area contributed by atoms with E-state index >= 15 is 0 Å². The highest BCUT2D eigenvalue weighted by Gasteiger charge is 2.47. The van der Waals surface area contributed by atoms with Gasteiger partial charge in [0.05, 0.1) is 31.8 Å². The van der Waals surface area contributed by atoms with Gasteiger partial charge in [0.15, 0.2) is 9.84 Å². The van der Waals surface area contributed by atoms with Gasteiger partial charge in [-0.2, -0.15) is 0 Å². The van der Waals surface area contributed by atoms with Gasteiger partial charge in [0, 0.05) is 17.5 Å². The number of hydrogen-bond acceptors (Lipinski definition) is 6. The van der Waals surface area contributed by atoms with E-state index in [4.69, 9.17) is 15.2 Å². The van der Waals surface area contributed by atoms with Gasteiger partial charge in [0.2, 0.25) is 0 Å². The molecule has 1 heterocycles. The first-order valence-corrected chi connectivity index (χ1v) is 8.50. The molecule has 0 aromatic heterocycles. The van der Waals surface area contributed by atoms with Gasteiger partial charge in [-0.05, 0) is 24.6 Å². The van der Waals surface area contributed by atoms with E-state index in [0.717, 1.165) is 0 Å². The minimum Gasteiger partial charge on any atom is -0.497 e. The van der Waals surface area contributed by atoms with Crippen molar-refractivity contribution in [2.75, 3.05) is 32.3 Å². The third-order valence-electron chi connectivity index (χ3n) is 4.14. The molecule has 2 rings (SSSR count). The number of ether oxygens (including phenoxy) is 2. The van der Waals surface area contributed by atoms with Crippen molar-refractivity contribution in [3.63, 3.8) is 0 Å². The second kappa shape index (κ2) is 5.82. The van der Waals surface area contributed by atoms with Crippen molar-refractivity contribution < 1.29 is 23.0 Å². The Morgan fingerprint density at radius 2 is 2.10 bits per heavy atom. The summed E-state index contributed by atoms with van der Waals surface area (Å²) < 4.78 is 34.0. The van der Waals surface area contributed by atoms with Gasteiger partial charge in [-0.3, -0.25) is 0 Å². The summed E-state index contributed by atoms with van der Waals surface area (Å²) in [5.74, 6) is 0.990. The third kappa shape index (κ3) is 3.00. The zero-order valence-corrected chi connectivity index (χ0v) is 13.0. The largest absolute Gasteiger partial charge is 0.497 e. The number of benzene rings is 1. The van der Waals surface area contributed by atoms with Crippen LogP contribution < -0.4 is 15.2 Å². The lowest BCUT2D eigenvalue weighted by atomic mass is 9.78. The molecule has 2 atom stereocenters. The molecule has 1 aromatic carbocycles. The molecule has 0 spiro atoms. The van der Waals surface area contributed by atoms with Crippen molar-refractivity contribution in [1.29, 1.82) is 0 Å². The summed E-state index contributed by atoms with van der Waals surface area (Å²) >= 11 is 0. The van der Waals surface area contributed by atoms with E-state index in [9.17, 15) is 13.5 Å². The van der Waals surface area contributed by atoms with Crippen molar-refractivity contribution >= 4 is 9.84 Å². The van der Waals surface area contributed by atoms with Gasteiger partial charge >= 0.3 is 0 Å². The molecule has 3 N–H and O–H groups in total. The van der Waals surface area contributed by atoms with Crippen molar-refractivity contribution in [2.45, 2.75) is 12.5 Å². The van der Waals surface area contributed by atoms with Crippen LogP contribution in [-0.2, 0) is 9.84 Å². The van der Waals surface area contributed by atoms with Crippen LogP contribution in [0.1, 0.15) is 18.1 Å². The summed E-state index contributed by atoms with van der Waals surface area (Å²) in [5, 5.41) is 10.8. The van der Waals surface area contributed by atoms with Crippen LogP contribution in [0.2, 0.25) is 0 Å². The molecule has 0 bridgehead atoms. The molecule has 1 aliphatic rings. The van der Waals surface area contributed by atoms with Crippen LogP contribution >= 0.6 is 0 Å². The Balaban J connectivity index is 2.45. The first-order chi connectivity index (χ1) is 9.87. The van der Waals surface area contributed by atoms with E-state index in [0.29, 0.717) is 23.5 Å². The van der Waals surface area contributed by atoms with E-state index in [-0.39, 0.29) is 18.1 Å². The molecule has 7 heteroatoms. The second-order valence-corrected chi connectivity index (χ2v) is 7.60. The fraction of sp³-hybridized carbons (Fsp3) is 0.571. The lowest BCUT2D eigenvalue weighted by Gasteiger charge is -2.32. The van der Waals surface area contributed by atoms with E-state index in [1.165, 1.54) is 14.2 Å². The van der Waals surface area contributed by atoms with Crippen LogP contribution in [0.3, 0.4) is 0 Å². The number of sulfone groups is 1. The average Bonchev–Trinajstić information content (AvgIpc) is 2.82. The van der Waals surface area contributed by atoms with Crippen LogP contribution in [0, 0.1) is 5.41 Å². The number of methoxy groups -OCH3 is 2. The van der Waals surface area contributed by atoms with Crippen LogP contribution in [-0.4, -0.2) is 45.8 Å². The number of aliphatic hydroxyl groups is 1. The fourth-order valence-corrected chi connectivity index (χ4v) is 4.97. The first kappa shape index (κ1) is 16.1. The molecule has 0 radical (unpaired) electrons. The van der Waals surface area contributed by atoms with Crippen molar-refractivity contribution in [1.82, 2.24) is 0 Å². The predicted octanol–water partition coefficient (Wildman–Crippen LogP) is 0.501. The number of aliphatic hydroxyl groups excluding tert-OH is 1. The van der Waals surface area contributed by atoms with E-state index in [1.54, 1.807) is 18.2 Å². The summed E-state index contributed by atoms with van der Waals surface area (Å²) in [6.07, 6.45) is -0.683. The average molecular weight is 315 g/mol. The van der Waals surface area contributed by atoms with Crippen molar-refractivity contribution in [2.24, 2.45) is 11.1 Å². The van der Waals surface area contributed by atoms with Crippen LogP contribution in [0.4, 0.5) is 0 Å². The highest BCUT2D eigenvalue weighted by atomic mass is 32.2. The molecule has 0 amide bonds. The third-order valence-corrected chi connectivity index (χ3v) is 5.98. The number of hydrogen-bond donors (Lipinski definition) is 2. The Labute approximate surface area is 124 Å². The lowest BCUT2D eigenvalue weighted by Crippen LogP contribution is -2.38. The molecule has 2 unspecified atom stereocenters. The Hall–Kier alpha value is -1.31. The molecule has 1 saturated heterocycles. The second-order valence-electron chi connectivity index (χ2n) is 5.42. The first-order valence-electron chi connectivity index (χ1n) is 6.68. The zero-order chi connectivity index (χ0) is 15.7. The summed E-state index contributed by atoms with van der Waals surface area (Å²) in [7, 11) is -0.143. The van der Waals surface area contributed by atoms with Gasteiger partial charge < -0.3 is 20.3 Å². The van der Waals surface area contributed by atoms with E-state index < -0.39 is 21.4 Å². The molecule has 0 saturated carbocycles. The highest BCUT2D eigenvalue weighted by Crippen LogP contribution is 2.45. The maximum absolute atomic E-state index is 11.8. The van der Waals surface area contributed by atoms with E-state index in [2.05, 4.69) is 0 Å². The monoisotopic (exact) mass is 315 g/mol. The SMILES string of the molecule is COc1ccc(OC)c(C(O)C2(CN)CCS(=O)(=O)C2)c1. The lowest BCUT2D eigenvalue weighted by molar-refractivity contribution is 0.0450. The molecular weight excluding hydrogens is 294 g/mol. The van der Waals surface area contributed by atoms with Crippen LogP contribution in [0.15, 0.2) is 18.2 Å². The van der Waals surface area contributed by atoms with Gasteiger partial charge in [-0.25, -0.2) is 8.42 Å². The minimum atomic E-state index is -3.17. The maximum Gasteiger partial charge on any atom is 0.151 e. The molecule has 1 fully saturated rings. The van der Waals surface area contributed by atoms with E-state index in [1.807, 2.05) is 0 Å². The Morgan fingerprint density at radius 3 is 2.57 bits per heavy atom. The van der Waals surface area contributed by atoms with Crippen LogP contribution in [0.25, 0.3) is 0 Å². The van der Waals surface area contributed by atoms with Gasteiger partial charge in [0.1, 0.15) is 11.5 Å². The minimum absolute atomic E-state index is 0.0492. The molecule has 0 aliphatic carbocycles. The molecule has 118 valence electrons. The van der Waals surface area contributed by atoms with Gasteiger partial charge in [-0.15, -0.1) is 0 Å². The smallest absolute Gasteiger partial charge is 0.151 e.